The van der Waals surface area contributed by atoms with Crippen molar-refractivity contribution in [2.75, 3.05) is 7.11 Å². The van der Waals surface area contributed by atoms with Crippen molar-refractivity contribution in [3.63, 3.8) is 0 Å². The molecule has 0 amide bonds. The Morgan fingerprint density at radius 2 is 2.06 bits per heavy atom. The van der Waals surface area contributed by atoms with Crippen LogP contribution in [0, 0.1) is 0 Å². The van der Waals surface area contributed by atoms with Crippen LogP contribution in [-0.2, 0) is 0 Å². The number of carbonyl (C=O) groups is 1. The van der Waals surface area contributed by atoms with Gasteiger partial charge in [0.2, 0.25) is 0 Å². The van der Waals surface area contributed by atoms with Crippen LogP contribution in [0.15, 0.2) is 30.5 Å². The van der Waals surface area contributed by atoms with E-state index in [0.29, 0.717) is 5.56 Å². The van der Waals surface area contributed by atoms with Gasteiger partial charge in [-0.3, -0.25) is 9.48 Å². The SMILES string of the molecule is COc1ccccc1-c1c(C=O)cnn1C(C)C. The summed E-state index contributed by atoms with van der Waals surface area (Å²) in [7, 11) is 1.62. The fourth-order valence-electron chi connectivity index (χ4n) is 1.97. The molecule has 0 saturated heterocycles. The maximum Gasteiger partial charge on any atom is 0.153 e. The molecule has 0 spiro atoms. The van der Waals surface area contributed by atoms with E-state index in [1.165, 1.54) is 0 Å². The lowest BCUT2D eigenvalue weighted by Gasteiger charge is -2.14. The Bertz CT molecular complexity index is 559. The number of methoxy groups -OCH3 is 1. The zero-order valence-electron chi connectivity index (χ0n) is 10.8. The van der Waals surface area contributed by atoms with Gasteiger partial charge in [0.1, 0.15) is 5.75 Å². The summed E-state index contributed by atoms with van der Waals surface area (Å²) < 4.78 is 7.18. The summed E-state index contributed by atoms with van der Waals surface area (Å²) in [5.74, 6) is 0.739. The first-order valence-corrected chi connectivity index (χ1v) is 5.85. The predicted octanol–water partition coefficient (Wildman–Crippen LogP) is 2.95. The van der Waals surface area contributed by atoms with E-state index in [0.717, 1.165) is 23.3 Å². The Hall–Kier alpha value is -2.10. The third-order valence-electron chi connectivity index (χ3n) is 2.80. The maximum atomic E-state index is 11.1. The molecule has 94 valence electrons. The highest BCUT2D eigenvalue weighted by atomic mass is 16.5. The summed E-state index contributed by atoms with van der Waals surface area (Å²) in [4.78, 5) is 11.1. The van der Waals surface area contributed by atoms with Crippen molar-refractivity contribution in [3.05, 3.63) is 36.0 Å². The molecule has 4 heteroatoms. The van der Waals surface area contributed by atoms with E-state index >= 15 is 0 Å². The molecule has 1 aromatic heterocycles. The number of ether oxygens (including phenoxy) is 1. The quantitative estimate of drug-likeness (QED) is 0.777. The second kappa shape index (κ2) is 5.04. The van der Waals surface area contributed by atoms with E-state index in [4.69, 9.17) is 4.74 Å². The molecule has 0 aliphatic heterocycles. The third kappa shape index (κ3) is 2.01. The molecule has 0 aliphatic rings. The molecule has 2 aromatic rings. The minimum atomic E-state index is 0.179. The molecule has 0 fully saturated rings. The molecule has 0 saturated carbocycles. The molecular weight excluding hydrogens is 228 g/mol. The average molecular weight is 244 g/mol. The molecule has 0 unspecified atom stereocenters. The summed E-state index contributed by atoms with van der Waals surface area (Å²) in [6.45, 7) is 4.06. The second-order valence-corrected chi connectivity index (χ2v) is 4.30. The number of hydrogen-bond donors (Lipinski definition) is 0. The van der Waals surface area contributed by atoms with Gasteiger partial charge < -0.3 is 4.74 Å². The minimum Gasteiger partial charge on any atom is -0.496 e. The van der Waals surface area contributed by atoms with Crippen LogP contribution in [0.25, 0.3) is 11.3 Å². The van der Waals surface area contributed by atoms with Crippen molar-refractivity contribution in [2.45, 2.75) is 19.9 Å². The lowest BCUT2D eigenvalue weighted by molar-refractivity contribution is 0.112. The van der Waals surface area contributed by atoms with Crippen LogP contribution in [0.2, 0.25) is 0 Å². The third-order valence-corrected chi connectivity index (χ3v) is 2.80. The molecular formula is C14H16N2O2. The first-order valence-electron chi connectivity index (χ1n) is 5.85. The van der Waals surface area contributed by atoms with Crippen LogP contribution in [0.5, 0.6) is 5.75 Å². The molecule has 1 heterocycles. The highest BCUT2D eigenvalue weighted by molar-refractivity contribution is 5.87. The van der Waals surface area contributed by atoms with Crippen molar-refractivity contribution in [2.24, 2.45) is 0 Å². The second-order valence-electron chi connectivity index (χ2n) is 4.30. The lowest BCUT2D eigenvalue weighted by atomic mass is 10.1. The standard InChI is InChI=1S/C14H16N2O2/c1-10(2)16-14(11(9-17)8-15-16)12-6-4-5-7-13(12)18-3/h4-10H,1-3H3. The minimum absolute atomic E-state index is 0.179. The Morgan fingerprint density at radius 3 is 2.67 bits per heavy atom. The van der Waals surface area contributed by atoms with E-state index < -0.39 is 0 Å². The number of carbonyl (C=O) groups excluding carboxylic acids is 1. The van der Waals surface area contributed by atoms with Crippen LogP contribution < -0.4 is 4.74 Å². The highest BCUT2D eigenvalue weighted by Gasteiger charge is 2.17. The molecule has 1 aromatic carbocycles. The van der Waals surface area contributed by atoms with Crippen molar-refractivity contribution >= 4 is 6.29 Å². The Kier molecular flexibility index (Phi) is 3.46. The van der Waals surface area contributed by atoms with Gasteiger partial charge >= 0.3 is 0 Å². The van der Waals surface area contributed by atoms with E-state index in [1.807, 2.05) is 42.8 Å². The van der Waals surface area contributed by atoms with Gasteiger partial charge in [-0.1, -0.05) is 12.1 Å². The van der Waals surface area contributed by atoms with Crippen LogP contribution in [0.1, 0.15) is 30.2 Å². The van der Waals surface area contributed by atoms with Crippen molar-refractivity contribution < 1.29 is 9.53 Å². The number of aldehydes is 1. The molecule has 2 rings (SSSR count). The summed E-state index contributed by atoms with van der Waals surface area (Å²) in [6.07, 6.45) is 2.42. The van der Waals surface area contributed by atoms with Crippen LogP contribution in [-0.4, -0.2) is 23.2 Å². The van der Waals surface area contributed by atoms with Crippen LogP contribution >= 0.6 is 0 Å². The summed E-state index contributed by atoms with van der Waals surface area (Å²) >= 11 is 0. The molecule has 0 N–H and O–H groups in total. The molecule has 0 radical (unpaired) electrons. The zero-order valence-corrected chi connectivity index (χ0v) is 10.8. The van der Waals surface area contributed by atoms with E-state index in [1.54, 1.807) is 13.3 Å². The monoisotopic (exact) mass is 244 g/mol. The molecule has 18 heavy (non-hydrogen) atoms. The Balaban J connectivity index is 2.68. The van der Waals surface area contributed by atoms with E-state index in [2.05, 4.69) is 5.10 Å². The normalized spacial score (nSPS) is 10.7. The number of para-hydroxylation sites is 1. The molecule has 0 aliphatic carbocycles. The summed E-state index contributed by atoms with van der Waals surface area (Å²) in [6, 6.07) is 7.81. The maximum absolute atomic E-state index is 11.1. The van der Waals surface area contributed by atoms with Gasteiger partial charge in [0.05, 0.1) is 24.6 Å². The van der Waals surface area contributed by atoms with Gasteiger partial charge in [0.15, 0.2) is 6.29 Å². The number of benzene rings is 1. The molecule has 0 bridgehead atoms. The first kappa shape index (κ1) is 12.4. The van der Waals surface area contributed by atoms with Gasteiger partial charge in [-0.25, -0.2) is 0 Å². The molecule has 4 nitrogen and oxygen atoms in total. The topological polar surface area (TPSA) is 44.1 Å². The predicted molar refractivity (Wildman–Crippen MR) is 70.0 cm³/mol. The van der Waals surface area contributed by atoms with Crippen LogP contribution in [0.3, 0.4) is 0 Å². The van der Waals surface area contributed by atoms with Gasteiger partial charge in [-0.15, -0.1) is 0 Å². The number of hydrogen-bond acceptors (Lipinski definition) is 3. The largest absolute Gasteiger partial charge is 0.496 e. The lowest BCUT2D eigenvalue weighted by Crippen LogP contribution is -2.06. The zero-order chi connectivity index (χ0) is 13.1. The van der Waals surface area contributed by atoms with Crippen molar-refractivity contribution in [1.82, 2.24) is 9.78 Å². The fraction of sp³-hybridized carbons (Fsp3) is 0.286. The fourth-order valence-corrected chi connectivity index (χ4v) is 1.97. The molecule has 0 atom stereocenters. The number of nitrogens with zero attached hydrogens (tertiary/aromatic N) is 2. The van der Waals surface area contributed by atoms with Crippen molar-refractivity contribution in [3.8, 4) is 17.0 Å². The van der Waals surface area contributed by atoms with E-state index in [-0.39, 0.29) is 6.04 Å². The highest BCUT2D eigenvalue weighted by Crippen LogP contribution is 2.32. The van der Waals surface area contributed by atoms with E-state index in [9.17, 15) is 4.79 Å². The average Bonchev–Trinajstić information content (AvgIpc) is 2.82. The van der Waals surface area contributed by atoms with Gasteiger partial charge in [-0.2, -0.15) is 5.10 Å². The number of aromatic nitrogens is 2. The number of rotatable bonds is 4. The Labute approximate surface area is 106 Å². The van der Waals surface area contributed by atoms with Crippen molar-refractivity contribution in [1.29, 1.82) is 0 Å². The first-order chi connectivity index (χ1) is 8.69. The van der Waals surface area contributed by atoms with Gasteiger partial charge in [0, 0.05) is 11.6 Å². The summed E-state index contributed by atoms with van der Waals surface area (Å²) in [5.41, 5.74) is 2.26. The van der Waals surface area contributed by atoms with Gasteiger partial charge in [-0.05, 0) is 26.0 Å². The Morgan fingerprint density at radius 1 is 1.33 bits per heavy atom. The van der Waals surface area contributed by atoms with Gasteiger partial charge in [0.25, 0.3) is 0 Å². The van der Waals surface area contributed by atoms with Crippen LogP contribution in [0.4, 0.5) is 0 Å². The summed E-state index contributed by atoms with van der Waals surface area (Å²) in [5, 5.41) is 4.27. The smallest absolute Gasteiger partial charge is 0.153 e.